The number of carbonyl (C=O) groups excluding carboxylic acids is 1. The summed E-state index contributed by atoms with van der Waals surface area (Å²) in [5, 5.41) is 6.48. The van der Waals surface area contributed by atoms with E-state index >= 15 is 0 Å². The maximum absolute atomic E-state index is 12.0. The Kier molecular flexibility index (Phi) is 5.61. The van der Waals surface area contributed by atoms with Gasteiger partial charge >= 0.3 is 0 Å². The summed E-state index contributed by atoms with van der Waals surface area (Å²) in [6, 6.07) is 4.53. The van der Waals surface area contributed by atoms with Gasteiger partial charge < -0.3 is 10.6 Å². The minimum atomic E-state index is 0.110. The van der Waals surface area contributed by atoms with Crippen molar-refractivity contribution in [3.8, 4) is 0 Å². The third-order valence-corrected chi connectivity index (χ3v) is 5.10. The molecule has 1 heterocycles. The van der Waals surface area contributed by atoms with E-state index in [1.807, 2.05) is 26.0 Å². The zero-order valence-electron chi connectivity index (χ0n) is 12.3. The molecule has 1 aliphatic heterocycles. The molecule has 1 aromatic rings. The van der Waals surface area contributed by atoms with Crippen LogP contribution in [0, 0.1) is 13.8 Å². The molecule has 1 fully saturated rings. The minimum absolute atomic E-state index is 0.110. The largest absolute Gasteiger partial charge is 0.326 e. The number of halogens is 1. The Hall–Kier alpha value is -0.870. The van der Waals surface area contributed by atoms with Crippen LogP contribution in [0.4, 0.5) is 5.69 Å². The Morgan fingerprint density at radius 2 is 2.05 bits per heavy atom. The number of amides is 1. The summed E-state index contributed by atoms with van der Waals surface area (Å²) in [6.45, 7) is 5.18. The fourth-order valence-electron chi connectivity index (χ4n) is 2.72. The second-order valence-electron chi connectivity index (χ2n) is 5.66. The maximum Gasteiger partial charge on any atom is 0.224 e. The van der Waals surface area contributed by atoms with Crippen LogP contribution in [0.3, 0.4) is 0 Å². The average Bonchev–Trinajstić information content (AvgIpc) is 2.43. The van der Waals surface area contributed by atoms with E-state index in [2.05, 4.69) is 26.6 Å². The topological polar surface area (TPSA) is 41.1 Å². The van der Waals surface area contributed by atoms with E-state index in [1.165, 1.54) is 19.3 Å². The summed E-state index contributed by atoms with van der Waals surface area (Å²) in [6.07, 6.45) is 5.26. The van der Waals surface area contributed by atoms with Gasteiger partial charge in [0.05, 0.1) is 0 Å². The van der Waals surface area contributed by atoms with Crippen molar-refractivity contribution in [2.24, 2.45) is 0 Å². The van der Waals surface area contributed by atoms with Crippen LogP contribution in [-0.4, -0.2) is 18.5 Å². The molecule has 1 unspecified atom stereocenters. The molecule has 20 heavy (non-hydrogen) atoms. The van der Waals surface area contributed by atoms with Gasteiger partial charge in [-0.3, -0.25) is 4.79 Å². The first kappa shape index (κ1) is 15.5. The summed E-state index contributed by atoms with van der Waals surface area (Å²) in [5.41, 5.74) is 3.19. The van der Waals surface area contributed by atoms with Gasteiger partial charge in [-0.1, -0.05) is 22.4 Å². The minimum Gasteiger partial charge on any atom is -0.326 e. The molecule has 1 saturated heterocycles. The molecule has 0 saturated carbocycles. The van der Waals surface area contributed by atoms with Gasteiger partial charge in [0.2, 0.25) is 5.91 Å². The van der Waals surface area contributed by atoms with Crippen molar-refractivity contribution in [1.29, 1.82) is 0 Å². The highest BCUT2D eigenvalue weighted by atomic mass is 79.9. The fourth-order valence-corrected chi connectivity index (χ4v) is 2.95. The van der Waals surface area contributed by atoms with Crippen LogP contribution in [0.25, 0.3) is 0 Å². The number of carbonyl (C=O) groups is 1. The zero-order chi connectivity index (χ0) is 14.5. The van der Waals surface area contributed by atoms with Crippen LogP contribution >= 0.6 is 15.9 Å². The maximum atomic E-state index is 12.0. The summed E-state index contributed by atoms with van der Waals surface area (Å²) in [7, 11) is 0. The van der Waals surface area contributed by atoms with Crippen molar-refractivity contribution in [2.45, 2.75) is 52.0 Å². The van der Waals surface area contributed by atoms with Gasteiger partial charge in [-0.15, -0.1) is 0 Å². The van der Waals surface area contributed by atoms with Crippen molar-refractivity contribution in [1.82, 2.24) is 5.32 Å². The highest BCUT2D eigenvalue weighted by molar-refractivity contribution is 9.10. The van der Waals surface area contributed by atoms with Crippen molar-refractivity contribution < 1.29 is 4.79 Å². The number of anilines is 1. The van der Waals surface area contributed by atoms with Gasteiger partial charge in [0.1, 0.15) is 0 Å². The Labute approximate surface area is 129 Å². The van der Waals surface area contributed by atoms with E-state index in [9.17, 15) is 4.79 Å². The molecule has 1 atom stereocenters. The third kappa shape index (κ3) is 4.32. The normalized spacial score (nSPS) is 18.9. The monoisotopic (exact) mass is 338 g/mol. The lowest BCUT2D eigenvalue weighted by molar-refractivity contribution is -0.116. The molecule has 1 amide bonds. The lowest BCUT2D eigenvalue weighted by Gasteiger charge is -2.23. The van der Waals surface area contributed by atoms with Gasteiger partial charge in [-0.05, 0) is 62.9 Å². The molecule has 1 aliphatic rings. The first-order chi connectivity index (χ1) is 9.56. The Morgan fingerprint density at radius 1 is 1.35 bits per heavy atom. The third-order valence-electron chi connectivity index (χ3n) is 3.85. The van der Waals surface area contributed by atoms with Crippen LogP contribution in [-0.2, 0) is 4.79 Å². The van der Waals surface area contributed by atoms with E-state index in [4.69, 9.17) is 0 Å². The van der Waals surface area contributed by atoms with E-state index in [-0.39, 0.29) is 5.91 Å². The first-order valence-corrected chi connectivity index (χ1v) is 8.15. The van der Waals surface area contributed by atoms with E-state index in [0.717, 1.165) is 34.3 Å². The predicted molar refractivity (Wildman–Crippen MR) is 87.1 cm³/mol. The summed E-state index contributed by atoms with van der Waals surface area (Å²) < 4.78 is 1.11. The highest BCUT2D eigenvalue weighted by Crippen LogP contribution is 2.25. The highest BCUT2D eigenvalue weighted by Gasteiger charge is 2.14. The van der Waals surface area contributed by atoms with Crippen LogP contribution in [0.5, 0.6) is 0 Å². The average molecular weight is 339 g/mol. The second kappa shape index (κ2) is 7.23. The summed E-state index contributed by atoms with van der Waals surface area (Å²) >= 11 is 3.54. The number of rotatable bonds is 4. The number of benzene rings is 1. The van der Waals surface area contributed by atoms with Gasteiger partial charge in [0.25, 0.3) is 0 Å². The Morgan fingerprint density at radius 3 is 2.65 bits per heavy atom. The van der Waals surface area contributed by atoms with Crippen molar-refractivity contribution >= 4 is 27.5 Å². The summed E-state index contributed by atoms with van der Waals surface area (Å²) in [4.78, 5) is 12.0. The smallest absolute Gasteiger partial charge is 0.224 e. The van der Waals surface area contributed by atoms with Crippen LogP contribution in [0.1, 0.15) is 43.2 Å². The van der Waals surface area contributed by atoms with Crippen molar-refractivity contribution in [3.05, 3.63) is 27.7 Å². The van der Waals surface area contributed by atoms with E-state index in [0.29, 0.717) is 12.5 Å². The Balaban J connectivity index is 1.84. The SMILES string of the molecule is Cc1cc(NC(=O)CCC2CCCCN2)cc(C)c1Br. The predicted octanol–water partition coefficient (Wildman–Crippen LogP) is 3.93. The second-order valence-corrected chi connectivity index (χ2v) is 6.45. The van der Waals surface area contributed by atoms with Gasteiger partial charge in [-0.25, -0.2) is 0 Å². The Bertz CT molecular complexity index is 458. The molecule has 1 aromatic carbocycles. The quantitative estimate of drug-likeness (QED) is 0.873. The molecule has 0 aliphatic carbocycles. The van der Waals surface area contributed by atoms with Gasteiger partial charge in [0.15, 0.2) is 0 Å². The van der Waals surface area contributed by atoms with Crippen LogP contribution < -0.4 is 10.6 Å². The molecule has 2 N–H and O–H groups in total. The van der Waals surface area contributed by atoms with Crippen molar-refractivity contribution in [2.75, 3.05) is 11.9 Å². The molecular weight excluding hydrogens is 316 g/mol. The molecule has 0 radical (unpaired) electrons. The molecule has 0 aromatic heterocycles. The summed E-state index contributed by atoms with van der Waals surface area (Å²) in [5.74, 6) is 0.110. The van der Waals surface area contributed by atoms with Crippen LogP contribution in [0.15, 0.2) is 16.6 Å². The number of nitrogens with one attached hydrogen (secondary N) is 2. The molecule has 3 nitrogen and oxygen atoms in total. The molecule has 0 bridgehead atoms. The number of hydrogen-bond acceptors (Lipinski definition) is 2. The molecular formula is C16H23BrN2O. The lowest BCUT2D eigenvalue weighted by atomic mass is 10.0. The standard InChI is InChI=1S/C16H23BrN2O/c1-11-9-14(10-12(2)16(11)17)19-15(20)7-6-13-5-3-4-8-18-13/h9-10,13,18H,3-8H2,1-2H3,(H,19,20). The lowest BCUT2D eigenvalue weighted by Crippen LogP contribution is -2.34. The van der Waals surface area contributed by atoms with E-state index in [1.54, 1.807) is 0 Å². The number of aryl methyl sites for hydroxylation is 2. The van der Waals surface area contributed by atoms with Gasteiger partial charge in [0, 0.05) is 22.6 Å². The molecule has 110 valence electrons. The molecule has 2 rings (SSSR count). The fraction of sp³-hybridized carbons (Fsp3) is 0.562. The zero-order valence-corrected chi connectivity index (χ0v) is 13.8. The van der Waals surface area contributed by atoms with Gasteiger partial charge in [-0.2, -0.15) is 0 Å². The number of hydrogen-bond donors (Lipinski definition) is 2. The van der Waals surface area contributed by atoms with Crippen molar-refractivity contribution in [3.63, 3.8) is 0 Å². The molecule has 4 heteroatoms. The van der Waals surface area contributed by atoms with E-state index < -0.39 is 0 Å². The molecule has 0 spiro atoms. The number of piperidine rings is 1. The first-order valence-electron chi connectivity index (χ1n) is 7.36. The van der Waals surface area contributed by atoms with Crippen LogP contribution in [0.2, 0.25) is 0 Å².